The highest BCUT2D eigenvalue weighted by Gasteiger charge is 2.44. The second-order valence-corrected chi connectivity index (χ2v) is 7.27. The third-order valence-corrected chi connectivity index (χ3v) is 4.07. The van der Waals surface area contributed by atoms with E-state index in [2.05, 4.69) is 45.0 Å². The molecule has 0 bridgehead atoms. The monoisotopic (exact) mass is 588 g/mol. The smallest absolute Gasteiger partial charge is 0.454 e. The van der Waals surface area contributed by atoms with E-state index in [4.69, 9.17) is 0 Å². The topological polar surface area (TPSA) is 103 Å². The molecular weight excluding hydrogens is 574 g/mol. The number of ether oxygens (including phenoxy) is 3. The average Bonchev–Trinajstić information content (AvgIpc) is 2.82. The lowest BCUT2D eigenvalue weighted by molar-refractivity contribution is -0.274. The zero-order chi connectivity index (χ0) is 29.6. The number of halogens is 10. The fraction of sp³-hybridized carbons (Fsp3) is 0.238. The molecule has 0 saturated carbocycles. The third kappa shape index (κ3) is 9.95. The van der Waals surface area contributed by atoms with Gasteiger partial charge in [-0.2, -0.15) is 50.8 Å². The molecule has 0 radical (unpaired) electrons. The normalized spacial score (nSPS) is 12.5. The molecule has 19 heteroatoms. The Hall–Kier alpha value is -4.58. The zero-order valence-electron chi connectivity index (χ0n) is 19.3. The summed E-state index contributed by atoms with van der Waals surface area (Å²) >= 11 is 0. The van der Waals surface area contributed by atoms with E-state index < -0.39 is 61.1 Å². The Morgan fingerprint density at radius 3 is 2.12 bits per heavy atom. The van der Waals surface area contributed by atoms with Gasteiger partial charge in [0.25, 0.3) is 5.95 Å². The summed E-state index contributed by atoms with van der Waals surface area (Å²) in [6.45, 7) is -1.78. The van der Waals surface area contributed by atoms with Gasteiger partial charge in [0.05, 0.1) is 6.21 Å². The summed E-state index contributed by atoms with van der Waals surface area (Å²) in [4.78, 5) is 11.1. The van der Waals surface area contributed by atoms with E-state index in [1.807, 2.05) is 0 Å². The van der Waals surface area contributed by atoms with E-state index in [1.54, 1.807) is 0 Å². The quantitative estimate of drug-likeness (QED) is 0.157. The van der Waals surface area contributed by atoms with Crippen LogP contribution in [0.2, 0.25) is 0 Å². The molecule has 3 aromatic rings. The standard InChI is InChI=1S/C21H14F10N6O3/c22-15(23)20(27,28)39-14-3-1-2-11(8-14)9-32-37-17-34-16(35-18(36-17)38-10-19(24,25)26)33-12-4-6-13(7-5-12)40-21(29,30)31/h1-9,15H,10H2,(H2,33,34,35,36,37)/b32-9+. The number of alkyl halides is 10. The summed E-state index contributed by atoms with van der Waals surface area (Å²) < 4.78 is 138. The van der Waals surface area contributed by atoms with Crippen LogP contribution in [0.1, 0.15) is 5.56 Å². The van der Waals surface area contributed by atoms with Crippen molar-refractivity contribution in [3.05, 3.63) is 54.1 Å². The zero-order valence-corrected chi connectivity index (χ0v) is 19.3. The van der Waals surface area contributed by atoms with Crippen LogP contribution >= 0.6 is 0 Å². The third-order valence-electron chi connectivity index (χ3n) is 4.07. The molecule has 0 aliphatic heterocycles. The van der Waals surface area contributed by atoms with Gasteiger partial charge in [-0.15, -0.1) is 13.2 Å². The Morgan fingerprint density at radius 1 is 0.825 bits per heavy atom. The maximum atomic E-state index is 13.1. The van der Waals surface area contributed by atoms with Crippen LogP contribution in [0.15, 0.2) is 53.6 Å². The fourth-order valence-electron chi connectivity index (χ4n) is 2.57. The highest BCUT2D eigenvalue weighted by molar-refractivity contribution is 5.80. The number of benzene rings is 2. The molecule has 40 heavy (non-hydrogen) atoms. The summed E-state index contributed by atoms with van der Waals surface area (Å²) in [6, 6.07) is 7.74. The predicted molar refractivity (Wildman–Crippen MR) is 117 cm³/mol. The SMILES string of the molecule is FC(F)C(F)(F)Oc1cccc(/C=N/Nc2nc(Nc3ccc(OC(F)(F)F)cc3)nc(OCC(F)(F)F)n2)c1. The number of rotatable bonds is 11. The van der Waals surface area contributed by atoms with Crippen LogP contribution in [0.3, 0.4) is 0 Å². The molecule has 9 nitrogen and oxygen atoms in total. The summed E-state index contributed by atoms with van der Waals surface area (Å²) in [5, 5.41) is 6.20. The van der Waals surface area contributed by atoms with Gasteiger partial charge in [0, 0.05) is 5.69 Å². The molecule has 0 unspecified atom stereocenters. The molecule has 1 heterocycles. The summed E-state index contributed by atoms with van der Waals surface area (Å²) in [5.41, 5.74) is 2.39. The van der Waals surface area contributed by atoms with Crippen LogP contribution in [0.5, 0.6) is 17.5 Å². The highest BCUT2D eigenvalue weighted by atomic mass is 19.4. The van der Waals surface area contributed by atoms with E-state index in [9.17, 15) is 43.9 Å². The maximum Gasteiger partial charge on any atom is 0.573 e. The van der Waals surface area contributed by atoms with Crippen molar-refractivity contribution in [3.8, 4) is 17.5 Å². The van der Waals surface area contributed by atoms with Crippen LogP contribution in [0.25, 0.3) is 0 Å². The molecular formula is C21H14F10N6O3. The number of anilines is 3. The van der Waals surface area contributed by atoms with Crippen molar-refractivity contribution >= 4 is 23.8 Å². The highest BCUT2D eigenvalue weighted by Crippen LogP contribution is 2.28. The Morgan fingerprint density at radius 2 is 1.50 bits per heavy atom. The molecule has 2 aromatic carbocycles. The van der Waals surface area contributed by atoms with E-state index in [-0.39, 0.29) is 11.3 Å². The van der Waals surface area contributed by atoms with Crippen molar-refractivity contribution in [1.82, 2.24) is 15.0 Å². The number of aromatic nitrogens is 3. The predicted octanol–water partition coefficient (Wildman–Crippen LogP) is 6.14. The van der Waals surface area contributed by atoms with Gasteiger partial charge < -0.3 is 19.5 Å². The van der Waals surface area contributed by atoms with Crippen LogP contribution in [0.4, 0.5) is 61.5 Å². The molecule has 216 valence electrons. The summed E-state index contributed by atoms with van der Waals surface area (Å²) in [6.07, 6.45) is -17.5. The van der Waals surface area contributed by atoms with Crippen molar-refractivity contribution in [3.63, 3.8) is 0 Å². The Bertz CT molecular complexity index is 1300. The van der Waals surface area contributed by atoms with Gasteiger partial charge in [-0.05, 0) is 42.0 Å². The number of hydrazone groups is 1. The lowest BCUT2D eigenvalue weighted by atomic mass is 10.2. The van der Waals surface area contributed by atoms with E-state index in [1.165, 1.54) is 12.1 Å². The Balaban J connectivity index is 1.77. The molecule has 0 amide bonds. The first-order valence-electron chi connectivity index (χ1n) is 10.4. The van der Waals surface area contributed by atoms with Gasteiger partial charge in [0.2, 0.25) is 5.95 Å². The molecule has 3 rings (SSSR count). The van der Waals surface area contributed by atoms with Crippen LogP contribution in [-0.4, -0.2) is 52.8 Å². The first kappa shape index (κ1) is 30.0. The lowest BCUT2D eigenvalue weighted by Gasteiger charge is -2.16. The number of hydrogen-bond donors (Lipinski definition) is 2. The molecule has 0 atom stereocenters. The van der Waals surface area contributed by atoms with Crippen LogP contribution in [0, 0.1) is 0 Å². The van der Waals surface area contributed by atoms with Crippen molar-refractivity contribution in [2.45, 2.75) is 25.1 Å². The molecule has 0 saturated heterocycles. The van der Waals surface area contributed by atoms with Gasteiger partial charge >= 0.3 is 31.1 Å². The molecule has 2 N–H and O–H groups in total. The molecule has 1 aromatic heterocycles. The molecule has 0 fully saturated rings. The minimum absolute atomic E-state index is 0.0668. The first-order chi connectivity index (χ1) is 18.6. The lowest BCUT2D eigenvalue weighted by Crippen LogP contribution is -2.33. The largest absolute Gasteiger partial charge is 0.573 e. The van der Waals surface area contributed by atoms with Crippen LogP contribution < -0.4 is 25.0 Å². The Kier molecular flexibility index (Phi) is 9.05. The maximum absolute atomic E-state index is 13.1. The van der Waals surface area contributed by atoms with Gasteiger partial charge in [-0.1, -0.05) is 12.1 Å². The van der Waals surface area contributed by atoms with Crippen molar-refractivity contribution < 1.29 is 58.1 Å². The Labute approximate surface area is 216 Å². The van der Waals surface area contributed by atoms with Crippen molar-refractivity contribution in [1.29, 1.82) is 0 Å². The number of nitrogens with zero attached hydrogens (tertiary/aromatic N) is 4. The minimum atomic E-state index is -4.93. The minimum Gasteiger partial charge on any atom is -0.454 e. The number of hydrogen-bond acceptors (Lipinski definition) is 9. The first-order valence-corrected chi connectivity index (χ1v) is 10.4. The van der Waals surface area contributed by atoms with Crippen LogP contribution in [-0.2, 0) is 0 Å². The number of nitrogens with one attached hydrogen (secondary N) is 2. The van der Waals surface area contributed by atoms with Crippen molar-refractivity contribution in [2.75, 3.05) is 17.3 Å². The summed E-state index contributed by atoms with van der Waals surface area (Å²) in [7, 11) is 0. The van der Waals surface area contributed by atoms with Gasteiger partial charge in [0.1, 0.15) is 11.5 Å². The molecule has 0 aliphatic carbocycles. The second-order valence-electron chi connectivity index (χ2n) is 7.27. The van der Waals surface area contributed by atoms with E-state index in [0.29, 0.717) is 0 Å². The van der Waals surface area contributed by atoms with Gasteiger partial charge in [0.15, 0.2) is 6.61 Å². The molecule has 0 spiro atoms. The average molecular weight is 588 g/mol. The second kappa shape index (κ2) is 12.1. The van der Waals surface area contributed by atoms with Crippen molar-refractivity contribution in [2.24, 2.45) is 5.10 Å². The summed E-state index contributed by atoms with van der Waals surface area (Å²) in [5.74, 6) is -2.07. The van der Waals surface area contributed by atoms with Gasteiger partial charge in [-0.3, -0.25) is 0 Å². The molecule has 0 aliphatic rings. The van der Waals surface area contributed by atoms with E-state index in [0.717, 1.165) is 42.6 Å². The van der Waals surface area contributed by atoms with Gasteiger partial charge in [-0.25, -0.2) is 5.43 Å². The van der Waals surface area contributed by atoms with E-state index >= 15 is 0 Å². The fourth-order valence-corrected chi connectivity index (χ4v) is 2.57.